The maximum atomic E-state index is 12.2. The van der Waals surface area contributed by atoms with Crippen molar-refractivity contribution in [3.8, 4) is 0 Å². The van der Waals surface area contributed by atoms with Crippen molar-refractivity contribution in [3.63, 3.8) is 0 Å². The molecule has 2 N–H and O–H groups in total. The largest absolute Gasteiger partial charge is 0.384 e. The molecule has 1 aromatic carbocycles. The minimum absolute atomic E-state index is 0.342. The van der Waals surface area contributed by atoms with Gasteiger partial charge in [0.05, 0.1) is 5.69 Å². The van der Waals surface area contributed by atoms with E-state index in [0.717, 1.165) is 26.1 Å². The van der Waals surface area contributed by atoms with Crippen molar-refractivity contribution in [2.75, 3.05) is 39.0 Å². The third kappa shape index (κ3) is 3.50. The summed E-state index contributed by atoms with van der Waals surface area (Å²) in [5.41, 5.74) is 0.687. The van der Waals surface area contributed by atoms with Crippen LogP contribution in [0.25, 0.3) is 0 Å². The van der Waals surface area contributed by atoms with E-state index in [1.165, 1.54) is 10.7 Å². The Hall–Kier alpha value is -1.11. The van der Waals surface area contributed by atoms with Crippen LogP contribution in [0, 0.1) is 5.92 Å². The van der Waals surface area contributed by atoms with Crippen molar-refractivity contribution < 1.29 is 8.42 Å². The molecule has 0 amide bonds. The van der Waals surface area contributed by atoms with Crippen LogP contribution in [-0.4, -0.2) is 46.5 Å². The third-order valence-electron chi connectivity index (χ3n) is 3.68. The monoisotopic (exact) mass is 297 g/mol. The van der Waals surface area contributed by atoms with Gasteiger partial charge in [-0.25, -0.2) is 12.7 Å². The molecule has 0 bridgehead atoms. The maximum absolute atomic E-state index is 12.2. The molecule has 1 fully saturated rings. The molecule has 0 aliphatic carbocycles. The van der Waals surface area contributed by atoms with Gasteiger partial charge in [-0.05, 0) is 44.0 Å². The Kier molecular flexibility index (Phi) is 5.01. The normalized spacial score (nSPS) is 19.4. The summed E-state index contributed by atoms with van der Waals surface area (Å²) >= 11 is 0. The molecule has 1 saturated heterocycles. The van der Waals surface area contributed by atoms with E-state index in [1.807, 2.05) is 12.1 Å². The Morgan fingerprint density at radius 2 is 2.10 bits per heavy atom. The maximum Gasteiger partial charge on any atom is 0.244 e. The van der Waals surface area contributed by atoms with E-state index in [2.05, 4.69) is 10.6 Å². The van der Waals surface area contributed by atoms with E-state index < -0.39 is 10.0 Å². The lowest BCUT2D eigenvalue weighted by Gasteiger charge is -2.17. The molecule has 1 aliphatic rings. The second kappa shape index (κ2) is 6.56. The van der Waals surface area contributed by atoms with Gasteiger partial charge in [-0.3, -0.25) is 0 Å². The molecule has 20 heavy (non-hydrogen) atoms. The number of nitrogens with one attached hydrogen (secondary N) is 2. The van der Waals surface area contributed by atoms with Gasteiger partial charge in [0.1, 0.15) is 4.90 Å². The molecule has 2 rings (SSSR count). The lowest BCUT2D eigenvalue weighted by atomic mass is 10.1. The molecular weight excluding hydrogens is 274 g/mol. The Labute approximate surface area is 121 Å². The Balaban J connectivity index is 2.04. The van der Waals surface area contributed by atoms with Gasteiger partial charge in [0.2, 0.25) is 10.0 Å². The summed E-state index contributed by atoms with van der Waals surface area (Å²) in [7, 11) is -0.295. The highest BCUT2D eigenvalue weighted by molar-refractivity contribution is 7.89. The van der Waals surface area contributed by atoms with Crippen LogP contribution in [0.5, 0.6) is 0 Å². The predicted octanol–water partition coefficient (Wildman–Crippen LogP) is 1.35. The molecular formula is C14H23N3O2S. The summed E-state index contributed by atoms with van der Waals surface area (Å²) in [4.78, 5) is 0.342. The number of anilines is 1. The smallest absolute Gasteiger partial charge is 0.244 e. The minimum atomic E-state index is -3.40. The molecule has 1 aromatic rings. The van der Waals surface area contributed by atoms with Gasteiger partial charge in [0.25, 0.3) is 0 Å². The summed E-state index contributed by atoms with van der Waals surface area (Å²) < 4.78 is 25.7. The Bertz CT molecular complexity index is 537. The number of nitrogens with zero attached hydrogens (tertiary/aromatic N) is 1. The molecule has 0 radical (unpaired) electrons. The van der Waals surface area contributed by atoms with Crippen LogP contribution in [0.2, 0.25) is 0 Å². The van der Waals surface area contributed by atoms with Gasteiger partial charge >= 0.3 is 0 Å². The van der Waals surface area contributed by atoms with Crippen molar-refractivity contribution in [2.24, 2.45) is 5.92 Å². The molecule has 112 valence electrons. The molecule has 5 nitrogen and oxygen atoms in total. The van der Waals surface area contributed by atoms with E-state index >= 15 is 0 Å². The van der Waals surface area contributed by atoms with E-state index in [1.54, 1.807) is 26.2 Å². The van der Waals surface area contributed by atoms with Crippen molar-refractivity contribution in [1.29, 1.82) is 0 Å². The summed E-state index contributed by atoms with van der Waals surface area (Å²) in [5, 5.41) is 6.61. The number of hydrogen-bond donors (Lipinski definition) is 2. The van der Waals surface area contributed by atoms with E-state index in [0.29, 0.717) is 16.5 Å². The van der Waals surface area contributed by atoms with Gasteiger partial charge in [0, 0.05) is 20.6 Å². The zero-order valence-corrected chi connectivity index (χ0v) is 12.9. The van der Waals surface area contributed by atoms with Crippen molar-refractivity contribution in [3.05, 3.63) is 24.3 Å². The molecule has 1 atom stereocenters. The van der Waals surface area contributed by atoms with Gasteiger partial charge in [-0.15, -0.1) is 0 Å². The second-order valence-electron chi connectivity index (χ2n) is 5.36. The highest BCUT2D eigenvalue weighted by Gasteiger charge is 2.21. The quantitative estimate of drug-likeness (QED) is 0.832. The molecule has 1 heterocycles. The molecule has 1 unspecified atom stereocenters. The lowest BCUT2D eigenvalue weighted by molar-refractivity contribution is 0.520. The second-order valence-corrected chi connectivity index (χ2v) is 7.48. The average molecular weight is 297 g/mol. The van der Waals surface area contributed by atoms with Crippen LogP contribution >= 0.6 is 0 Å². The number of benzene rings is 1. The summed E-state index contributed by atoms with van der Waals surface area (Å²) in [5.74, 6) is 0.695. The van der Waals surface area contributed by atoms with E-state index in [4.69, 9.17) is 0 Å². The number of hydrogen-bond acceptors (Lipinski definition) is 4. The zero-order chi connectivity index (χ0) is 14.6. The minimum Gasteiger partial charge on any atom is -0.384 e. The SMILES string of the molecule is CN(C)S(=O)(=O)c1ccccc1NCCC1CCNC1. The Morgan fingerprint density at radius 1 is 1.35 bits per heavy atom. The van der Waals surface area contributed by atoms with Crippen LogP contribution in [-0.2, 0) is 10.0 Å². The number of rotatable bonds is 6. The number of para-hydroxylation sites is 1. The first-order chi connectivity index (χ1) is 9.51. The average Bonchev–Trinajstić information content (AvgIpc) is 2.92. The lowest BCUT2D eigenvalue weighted by Crippen LogP contribution is -2.23. The zero-order valence-electron chi connectivity index (χ0n) is 12.1. The van der Waals surface area contributed by atoms with Gasteiger partial charge in [-0.2, -0.15) is 0 Å². The first-order valence-corrected chi connectivity index (χ1v) is 8.42. The molecule has 1 aliphatic heterocycles. The number of sulfonamides is 1. The first kappa shape index (κ1) is 15.3. The molecule has 0 saturated carbocycles. The van der Waals surface area contributed by atoms with Crippen LogP contribution in [0.4, 0.5) is 5.69 Å². The first-order valence-electron chi connectivity index (χ1n) is 6.98. The van der Waals surface area contributed by atoms with Gasteiger partial charge in [0.15, 0.2) is 0 Å². The topological polar surface area (TPSA) is 61.4 Å². The third-order valence-corrected chi connectivity index (χ3v) is 5.55. The summed E-state index contributed by atoms with van der Waals surface area (Å²) in [6.45, 7) is 2.96. The van der Waals surface area contributed by atoms with E-state index in [-0.39, 0.29) is 0 Å². The van der Waals surface area contributed by atoms with Gasteiger partial charge in [-0.1, -0.05) is 12.1 Å². The van der Waals surface area contributed by atoms with Crippen LogP contribution < -0.4 is 10.6 Å². The van der Waals surface area contributed by atoms with Crippen molar-refractivity contribution >= 4 is 15.7 Å². The molecule has 0 spiro atoms. The Morgan fingerprint density at radius 3 is 2.75 bits per heavy atom. The fourth-order valence-corrected chi connectivity index (χ4v) is 3.47. The van der Waals surface area contributed by atoms with Crippen molar-refractivity contribution in [2.45, 2.75) is 17.7 Å². The molecule has 0 aromatic heterocycles. The van der Waals surface area contributed by atoms with Gasteiger partial charge < -0.3 is 10.6 Å². The van der Waals surface area contributed by atoms with Crippen LogP contribution in [0.1, 0.15) is 12.8 Å². The van der Waals surface area contributed by atoms with Crippen LogP contribution in [0.15, 0.2) is 29.2 Å². The summed E-state index contributed by atoms with van der Waals surface area (Å²) in [6.07, 6.45) is 2.27. The fraction of sp³-hybridized carbons (Fsp3) is 0.571. The molecule has 6 heteroatoms. The predicted molar refractivity (Wildman–Crippen MR) is 81.4 cm³/mol. The summed E-state index contributed by atoms with van der Waals surface area (Å²) in [6, 6.07) is 7.08. The van der Waals surface area contributed by atoms with Crippen LogP contribution in [0.3, 0.4) is 0 Å². The fourth-order valence-electron chi connectivity index (χ4n) is 2.41. The standard InChI is InChI=1S/C14H23N3O2S/c1-17(2)20(18,19)14-6-4-3-5-13(14)16-10-8-12-7-9-15-11-12/h3-6,12,15-16H,7-11H2,1-2H3. The highest BCUT2D eigenvalue weighted by Crippen LogP contribution is 2.23. The highest BCUT2D eigenvalue weighted by atomic mass is 32.2. The van der Waals surface area contributed by atoms with Crippen molar-refractivity contribution in [1.82, 2.24) is 9.62 Å². The van der Waals surface area contributed by atoms with E-state index in [9.17, 15) is 8.42 Å².